The molecule has 1 aromatic carbocycles. The zero-order valence-electron chi connectivity index (χ0n) is 14.2. The van der Waals surface area contributed by atoms with E-state index in [1.165, 1.54) is 0 Å². The van der Waals surface area contributed by atoms with E-state index in [0.717, 1.165) is 36.1 Å². The zero-order chi connectivity index (χ0) is 17.8. The van der Waals surface area contributed by atoms with Gasteiger partial charge in [-0.05, 0) is 43.0 Å². The van der Waals surface area contributed by atoms with Crippen molar-refractivity contribution < 1.29 is 0 Å². The average Bonchev–Trinajstić information content (AvgIpc) is 3.42. The Hall–Kier alpha value is -2.73. The van der Waals surface area contributed by atoms with E-state index in [9.17, 15) is 4.79 Å². The van der Waals surface area contributed by atoms with Crippen LogP contribution >= 0.6 is 11.6 Å². The van der Waals surface area contributed by atoms with E-state index in [0.29, 0.717) is 27.7 Å². The standard InChI is InChI=1S/C19H16ClN5O/c1-2-14-16(11-3-5-12(20)6-4-11)18-22-21-17-15(25(18)23-14)9-10-24(19(17)26)13-7-8-13/h3-6,9-10,13H,2,7-8H2,1H3. The number of fused-ring (bicyclic) bond motifs is 3. The molecule has 26 heavy (non-hydrogen) atoms. The third-order valence-electron chi connectivity index (χ3n) is 4.89. The summed E-state index contributed by atoms with van der Waals surface area (Å²) in [4.78, 5) is 12.7. The van der Waals surface area contributed by atoms with Gasteiger partial charge in [-0.25, -0.2) is 4.52 Å². The summed E-state index contributed by atoms with van der Waals surface area (Å²) < 4.78 is 3.50. The summed E-state index contributed by atoms with van der Waals surface area (Å²) in [6.45, 7) is 2.05. The third-order valence-corrected chi connectivity index (χ3v) is 5.14. The van der Waals surface area contributed by atoms with Crippen molar-refractivity contribution in [2.24, 2.45) is 0 Å². The third kappa shape index (κ3) is 2.25. The van der Waals surface area contributed by atoms with Crippen LogP contribution in [0.5, 0.6) is 0 Å². The smallest absolute Gasteiger partial charge is 0.280 e. The lowest BCUT2D eigenvalue weighted by Gasteiger charge is -2.05. The van der Waals surface area contributed by atoms with Crippen LogP contribution in [-0.4, -0.2) is 24.4 Å². The molecule has 5 rings (SSSR count). The van der Waals surface area contributed by atoms with E-state index in [-0.39, 0.29) is 5.56 Å². The normalized spacial score (nSPS) is 14.4. The molecule has 1 saturated carbocycles. The van der Waals surface area contributed by atoms with Crippen molar-refractivity contribution in [3.8, 4) is 11.1 Å². The number of halogens is 1. The summed E-state index contributed by atoms with van der Waals surface area (Å²) in [7, 11) is 0. The van der Waals surface area contributed by atoms with Crippen molar-refractivity contribution in [3.05, 3.63) is 57.6 Å². The summed E-state index contributed by atoms with van der Waals surface area (Å²) in [6, 6.07) is 9.82. The van der Waals surface area contributed by atoms with Crippen molar-refractivity contribution in [1.82, 2.24) is 24.4 Å². The van der Waals surface area contributed by atoms with Crippen LogP contribution in [0.2, 0.25) is 5.02 Å². The number of nitrogens with zero attached hydrogens (tertiary/aromatic N) is 5. The molecule has 3 heterocycles. The van der Waals surface area contributed by atoms with Crippen LogP contribution in [-0.2, 0) is 6.42 Å². The molecule has 0 unspecified atom stereocenters. The number of pyridine rings is 1. The van der Waals surface area contributed by atoms with E-state index >= 15 is 0 Å². The summed E-state index contributed by atoms with van der Waals surface area (Å²) in [5, 5.41) is 14.0. The summed E-state index contributed by atoms with van der Waals surface area (Å²) in [5.74, 6) is 0. The summed E-state index contributed by atoms with van der Waals surface area (Å²) >= 11 is 6.02. The van der Waals surface area contributed by atoms with Crippen LogP contribution in [0.15, 0.2) is 41.3 Å². The summed E-state index contributed by atoms with van der Waals surface area (Å²) in [6.07, 6.45) is 4.69. The molecule has 0 aliphatic heterocycles. The van der Waals surface area contributed by atoms with Crippen molar-refractivity contribution >= 4 is 28.3 Å². The molecule has 1 aliphatic rings. The van der Waals surface area contributed by atoms with E-state index in [2.05, 4.69) is 17.1 Å². The van der Waals surface area contributed by atoms with Crippen LogP contribution in [0.3, 0.4) is 0 Å². The monoisotopic (exact) mass is 365 g/mol. The van der Waals surface area contributed by atoms with Gasteiger partial charge in [-0.2, -0.15) is 5.10 Å². The van der Waals surface area contributed by atoms with Gasteiger partial charge in [-0.3, -0.25) is 4.79 Å². The van der Waals surface area contributed by atoms with E-state index in [4.69, 9.17) is 16.7 Å². The molecular weight excluding hydrogens is 350 g/mol. The van der Waals surface area contributed by atoms with E-state index in [1.807, 2.05) is 36.5 Å². The number of hydrogen-bond acceptors (Lipinski definition) is 4. The highest BCUT2D eigenvalue weighted by molar-refractivity contribution is 6.30. The Labute approximate surface area is 154 Å². The topological polar surface area (TPSA) is 65.1 Å². The number of rotatable bonds is 3. The molecule has 7 heteroatoms. The van der Waals surface area contributed by atoms with Gasteiger partial charge in [0.2, 0.25) is 0 Å². The van der Waals surface area contributed by atoms with Gasteiger partial charge in [-0.15, -0.1) is 10.2 Å². The lowest BCUT2D eigenvalue weighted by atomic mass is 10.0. The average molecular weight is 366 g/mol. The number of hydrogen-bond donors (Lipinski definition) is 0. The molecule has 6 nitrogen and oxygen atoms in total. The van der Waals surface area contributed by atoms with Crippen molar-refractivity contribution in [2.75, 3.05) is 0 Å². The van der Waals surface area contributed by atoms with Gasteiger partial charge < -0.3 is 4.57 Å². The molecule has 0 spiro atoms. The van der Waals surface area contributed by atoms with Gasteiger partial charge in [-0.1, -0.05) is 30.7 Å². The minimum Gasteiger partial charge on any atom is -0.310 e. The molecule has 0 atom stereocenters. The molecule has 3 aromatic heterocycles. The maximum atomic E-state index is 12.7. The molecule has 0 bridgehead atoms. The molecule has 4 aromatic rings. The maximum absolute atomic E-state index is 12.7. The van der Waals surface area contributed by atoms with Gasteiger partial charge in [0.05, 0.1) is 11.3 Å². The zero-order valence-corrected chi connectivity index (χ0v) is 14.9. The van der Waals surface area contributed by atoms with Crippen molar-refractivity contribution in [2.45, 2.75) is 32.2 Å². The van der Waals surface area contributed by atoms with Crippen LogP contribution in [0, 0.1) is 0 Å². The lowest BCUT2D eigenvalue weighted by Crippen LogP contribution is -2.20. The molecule has 0 radical (unpaired) electrons. The van der Waals surface area contributed by atoms with Gasteiger partial charge >= 0.3 is 0 Å². The minimum absolute atomic E-state index is 0.0963. The highest BCUT2D eigenvalue weighted by atomic mass is 35.5. The van der Waals surface area contributed by atoms with Crippen LogP contribution in [0.4, 0.5) is 0 Å². The number of aromatic nitrogens is 5. The largest absolute Gasteiger partial charge is 0.310 e. The molecule has 0 amide bonds. The van der Waals surface area contributed by atoms with Gasteiger partial charge in [0, 0.05) is 17.3 Å². The Balaban J connectivity index is 1.81. The van der Waals surface area contributed by atoms with Crippen LogP contribution in [0.25, 0.3) is 27.8 Å². The first-order valence-electron chi connectivity index (χ1n) is 8.72. The van der Waals surface area contributed by atoms with E-state index < -0.39 is 0 Å². The molecule has 130 valence electrons. The molecule has 1 fully saturated rings. The predicted octanol–water partition coefficient (Wildman–Crippen LogP) is 3.66. The highest BCUT2D eigenvalue weighted by Crippen LogP contribution is 2.34. The fraction of sp³-hybridized carbons (Fsp3) is 0.263. The maximum Gasteiger partial charge on any atom is 0.280 e. The van der Waals surface area contributed by atoms with Crippen LogP contribution < -0.4 is 5.56 Å². The van der Waals surface area contributed by atoms with Gasteiger partial charge in [0.1, 0.15) is 5.52 Å². The molecular formula is C19H16ClN5O. The molecule has 1 aliphatic carbocycles. The predicted molar refractivity (Wildman–Crippen MR) is 101 cm³/mol. The highest BCUT2D eigenvalue weighted by Gasteiger charge is 2.26. The van der Waals surface area contributed by atoms with Gasteiger partial charge in [0.15, 0.2) is 11.2 Å². The fourth-order valence-electron chi connectivity index (χ4n) is 3.41. The second-order valence-corrected chi connectivity index (χ2v) is 7.05. The molecule has 0 saturated heterocycles. The Morgan fingerprint density at radius 1 is 1.15 bits per heavy atom. The number of aryl methyl sites for hydroxylation is 1. The van der Waals surface area contributed by atoms with Crippen molar-refractivity contribution in [1.29, 1.82) is 0 Å². The second kappa shape index (κ2) is 5.64. The first-order chi connectivity index (χ1) is 12.7. The molecule has 0 N–H and O–H groups in total. The van der Waals surface area contributed by atoms with E-state index in [1.54, 1.807) is 9.08 Å². The van der Waals surface area contributed by atoms with Crippen LogP contribution in [0.1, 0.15) is 31.5 Å². The first kappa shape index (κ1) is 15.5. The first-order valence-corrected chi connectivity index (χ1v) is 9.10. The Morgan fingerprint density at radius 2 is 1.92 bits per heavy atom. The number of benzene rings is 1. The Kier molecular flexibility index (Phi) is 3.37. The summed E-state index contributed by atoms with van der Waals surface area (Å²) in [5.41, 5.74) is 4.44. The lowest BCUT2D eigenvalue weighted by molar-refractivity contribution is 0.709. The van der Waals surface area contributed by atoms with Crippen molar-refractivity contribution in [3.63, 3.8) is 0 Å². The quantitative estimate of drug-likeness (QED) is 0.555. The Bertz CT molecular complexity index is 1200. The Morgan fingerprint density at radius 3 is 2.62 bits per heavy atom. The SMILES string of the molecule is CCc1nn2c(nnc3c(=O)n(C4CC4)ccc32)c1-c1ccc(Cl)cc1. The second-order valence-electron chi connectivity index (χ2n) is 6.61. The van der Waals surface area contributed by atoms with Gasteiger partial charge in [0.25, 0.3) is 5.56 Å². The fourth-order valence-corrected chi connectivity index (χ4v) is 3.53. The minimum atomic E-state index is -0.0963.